The van der Waals surface area contributed by atoms with Gasteiger partial charge in [0.25, 0.3) is 0 Å². The van der Waals surface area contributed by atoms with E-state index in [0.29, 0.717) is 38.5 Å². The number of hydrogen-bond acceptors (Lipinski definition) is 10. The molecule has 0 radical (unpaired) electrons. The van der Waals surface area contributed by atoms with Gasteiger partial charge in [-0.05, 0) is 18.2 Å². The number of benzene rings is 1. The summed E-state index contributed by atoms with van der Waals surface area (Å²) in [6.45, 7) is 5.73. The summed E-state index contributed by atoms with van der Waals surface area (Å²) in [6.07, 6.45) is 0. The van der Waals surface area contributed by atoms with Gasteiger partial charge in [0.15, 0.2) is 15.8 Å². The second-order valence-corrected chi connectivity index (χ2v) is 9.13. The van der Waals surface area contributed by atoms with Crippen LogP contribution in [0, 0.1) is 5.41 Å². The molecule has 1 aliphatic heterocycles. The smallest absolute Gasteiger partial charge is 0.247 e. The van der Waals surface area contributed by atoms with Crippen molar-refractivity contribution in [3.05, 3.63) is 24.1 Å². The average Bonchev–Trinajstić information content (AvgIpc) is 3.39. The third-order valence-corrected chi connectivity index (χ3v) is 5.67. The Balaban J connectivity index is 1.37. The number of fused-ring (bicyclic) bond motifs is 1. The molecule has 2 aromatic heterocycles. The van der Waals surface area contributed by atoms with E-state index in [0.717, 1.165) is 5.56 Å². The van der Waals surface area contributed by atoms with Crippen molar-refractivity contribution in [2.24, 2.45) is 5.41 Å². The van der Waals surface area contributed by atoms with Crippen molar-refractivity contribution in [1.82, 2.24) is 20.4 Å². The second-order valence-electron chi connectivity index (χ2n) is 6.93. The molecule has 11 heteroatoms. The highest BCUT2D eigenvalue weighted by Gasteiger charge is 2.23. The number of nitrogens with zero attached hydrogens (tertiary/aromatic N) is 4. The van der Waals surface area contributed by atoms with E-state index in [1.54, 1.807) is 0 Å². The lowest BCUT2D eigenvalue weighted by molar-refractivity contribution is -0.123. The van der Waals surface area contributed by atoms with Crippen molar-refractivity contribution in [2.45, 2.75) is 30.9 Å². The lowest BCUT2D eigenvalue weighted by Crippen LogP contribution is -2.27. The minimum absolute atomic E-state index is 0.106. The van der Waals surface area contributed by atoms with Gasteiger partial charge in [-0.15, -0.1) is 20.4 Å². The van der Waals surface area contributed by atoms with Crippen LogP contribution in [0.3, 0.4) is 0 Å². The van der Waals surface area contributed by atoms with Gasteiger partial charge < -0.3 is 19.2 Å². The van der Waals surface area contributed by atoms with Crippen molar-refractivity contribution in [3.63, 3.8) is 0 Å². The molecule has 1 aliphatic rings. The molecule has 1 amide bonds. The number of thioether (sulfide) groups is 1. The van der Waals surface area contributed by atoms with Crippen LogP contribution in [0.25, 0.3) is 11.5 Å². The van der Waals surface area contributed by atoms with Crippen LogP contribution in [0.5, 0.6) is 11.5 Å². The maximum Gasteiger partial charge on any atom is 0.247 e. The van der Waals surface area contributed by atoms with Crippen LogP contribution >= 0.6 is 23.1 Å². The minimum atomic E-state index is -0.492. The van der Waals surface area contributed by atoms with Gasteiger partial charge in [-0.2, -0.15) is 0 Å². The third-order valence-electron chi connectivity index (χ3n) is 3.71. The highest BCUT2D eigenvalue weighted by Crippen LogP contribution is 2.36. The van der Waals surface area contributed by atoms with Crippen molar-refractivity contribution < 1.29 is 18.7 Å². The van der Waals surface area contributed by atoms with Gasteiger partial charge in [0.1, 0.15) is 0 Å². The Hall–Kier alpha value is -2.66. The fourth-order valence-electron chi connectivity index (χ4n) is 2.18. The normalized spacial score (nSPS) is 13.0. The summed E-state index contributed by atoms with van der Waals surface area (Å²) in [6, 6.07) is 5.46. The molecule has 0 saturated carbocycles. The Bertz CT molecular complexity index is 1010. The van der Waals surface area contributed by atoms with Crippen molar-refractivity contribution >= 4 is 34.1 Å². The SMILES string of the molecule is CC(C)(C)C(=O)Nc1nnc(SCc2nnc(-c3ccc4c(c3)OCO4)o2)s1. The van der Waals surface area contributed by atoms with E-state index in [-0.39, 0.29) is 12.7 Å². The molecule has 1 aromatic carbocycles. The first-order chi connectivity index (χ1) is 13.4. The number of nitrogens with one attached hydrogen (secondary N) is 1. The number of carbonyl (C=O) groups is 1. The predicted molar refractivity (Wildman–Crippen MR) is 103 cm³/mol. The molecule has 0 fully saturated rings. The fourth-order valence-corrected chi connectivity index (χ4v) is 3.77. The van der Waals surface area contributed by atoms with Crippen LogP contribution in [0.1, 0.15) is 26.7 Å². The van der Waals surface area contributed by atoms with Crippen molar-refractivity contribution in [3.8, 4) is 23.0 Å². The summed E-state index contributed by atoms with van der Waals surface area (Å²) in [5, 5.41) is 19.4. The summed E-state index contributed by atoms with van der Waals surface area (Å²) in [4.78, 5) is 12.0. The van der Waals surface area contributed by atoms with E-state index in [4.69, 9.17) is 13.9 Å². The molecule has 146 valence electrons. The van der Waals surface area contributed by atoms with Gasteiger partial charge in [-0.3, -0.25) is 4.79 Å². The average molecular weight is 419 g/mol. The zero-order valence-corrected chi connectivity index (χ0v) is 17.0. The molecule has 0 aliphatic carbocycles. The number of anilines is 1. The number of aromatic nitrogens is 4. The van der Waals surface area contributed by atoms with Gasteiger partial charge in [0.05, 0.1) is 5.75 Å². The molecule has 0 spiro atoms. The molecule has 0 bridgehead atoms. The lowest BCUT2D eigenvalue weighted by atomic mass is 9.96. The molecule has 0 atom stereocenters. The molecule has 4 rings (SSSR count). The van der Waals surface area contributed by atoms with E-state index < -0.39 is 5.41 Å². The molecular weight excluding hydrogens is 402 g/mol. The maximum absolute atomic E-state index is 12.0. The first kappa shape index (κ1) is 18.7. The standard InChI is InChI=1S/C17H17N5O4S2/c1-17(2,3)14(23)18-15-21-22-16(28-15)27-7-12-19-20-13(26-12)9-4-5-10-11(6-9)25-8-24-10/h4-6H,7-8H2,1-3H3,(H,18,21,23). The highest BCUT2D eigenvalue weighted by molar-refractivity contribution is 8.00. The highest BCUT2D eigenvalue weighted by atomic mass is 32.2. The van der Waals surface area contributed by atoms with Crippen LogP contribution in [0.4, 0.5) is 5.13 Å². The molecule has 28 heavy (non-hydrogen) atoms. The van der Waals surface area contributed by atoms with Gasteiger partial charge in [0.2, 0.25) is 29.6 Å². The molecule has 9 nitrogen and oxygen atoms in total. The third kappa shape index (κ3) is 4.09. The van der Waals surface area contributed by atoms with Gasteiger partial charge >= 0.3 is 0 Å². The van der Waals surface area contributed by atoms with E-state index >= 15 is 0 Å². The zero-order valence-electron chi connectivity index (χ0n) is 15.4. The van der Waals surface area contributed by atoms with Crippen LogP contribution < -0.4 is 14.8 Å². The van der Waals surface area contributed by atoms with Crippen LogP contribution in [0.2, 0.25) is 0 Å². The number of ether oxygens (including phenoxy) is 2. The lowest BCUT2D eigenvalue weighted by Gasteiger charge is -2.15. The van der Waals surface area contributed by atoms with E-state index in [1.807, 2.05) is 39.0 Å². The van der Waals surface area contributed by atoms with E-state index in [1.165, 1.54) is 23.1 Å². The van der Waals surface area contributed by atoms with Crippen LogP contribution in [-0.4, -0.2) is 33.1 Å². The Morgan fingerprint density at radius 2 is 2.00 bits per heavy atom. The second kappa shape index (κ2) is 7.40. The molecule has 1 N–H and O–H groups in total. The Morgan fingerprint density at radius 3 is 2.82 bits per heavy atom. The van der Waals surface area contributed by atoms with Crippen molar-refractivity contribution in [2.75, 3.05) is 12.1 Å². The summed E-state index contributed by atoms with van der Waals surface area (Å²) >= 11 is 2.71. The van der Waals surface area contributed by atoms with Crippen LogP contribution in [-0.2, 0) is 10.5 Å². The number of hydrogen-bond donors (Lipinski definition) is 1. The maximum atomic E-state index is 12.0. The molecule has 0 saturated heterocycles. The number of carbonyl (C=O) groups excluding carboxylic acids is 1. The van der Waals surface area contributed by atoms with Gasteiger partial charge in [-0.1, -0.05) is 43.9 Å². The summed E-state index contributed by atoms with van der Waals surface area (Å²) in [5.74, 6) is 2.57. The van der Waals surface area contributed by atoms with E-state index in [9.17, 15) is 4.79 Å². The summed E-state index contributed by atoms with van der Waals surface area (Å²) in [5.41, 5.74) is 0.268. The van der Waals surface area contributed by atoms with E-state index in [2.05, 4.69) is 25.7 Å². The minimum Gasteiger partial charge on any atom is -0.454 e. The molecular formula is C17H17N5O4S2. The first-order valence-corrected chi connectivity index (χ1v) is 10.2. The molecule has 3 aromatic rings. The van der Waals surface area contributed by atoms with Gasteiger partial charge in [-0.25, -0.2) is 0 Å². The quantitative estimate of drug-likeness (QED) is 0.489. The van der Waals surface area contributed by atoms with Crippen molar-refractivity contribution in [1.29, 1.82) is 0 Å². The number of amides is 1. The Kier molecular flexibility index (Phi) is 4.94. The Morgan fingerprint density at radius 1 is 1.18 bits per heavy atom. The first-order valence-electron chi connectivity index (χ1n) is 8.39. The topological polar surface area (TPSA) is 112 Å². The largest absolute Gasteiger partial charge is 0.454 e. The summed E-state index contributed by atoms with van der Waals surface area (Å²) < 4.78 is 17.1. The number of rotatable bonds is 5. The molecule has 3 heterocycles. The Labute approximate surface area is 168 Å². The van der Waals surface area contributed by atoms with Crippen LogP contribution in [0.15, 0.2) is 27.0 Å². The van der Waals surface area contributed by atoms with Gasteiger partial charge in [0, 0.05) is 11.0 Å². The summed E-state index contributed by atoms with van der Waals surface area (Å²) in [7, 11) is 0. The fraction of sp³-hybridized carbons (Fsp3) is 0.353. The monoisotopic (exact) mass is 419 g/mol. The zero-order chi connectivity index (χ0) is 19.7. The molecule has 0 unspecified atom stereocenters. The predicted octanol–water partition coefficient (Wildman–Crippen LogP) is 3.59.